The van der Waals surface area contributed by atoms with E-state index in [1.807, 2.05) is 0 Å². The summed E-state index contributed by atoms with van der Waals surface area (Å²) in [5.74, 6) is -1.37. The van der Waals surface area contributed by atoms with E-state index < -0.39 is 17.8 Å². The molecule has 0 aliphatic carbocycles. The van der Waals surface area contributed by atoms with Gasteiger partial charge in [0.2, 0.25) is 0 Å². The highest BCUT2D eigenvalue weighted by Gasteiger charge is 2.30. The molecule has 0 spiro atoms. The molecule has 0 saturated heterocycles. The van der Waals surface area contributed by atoms with E-state index in [2.05, 4.69) is 5.32 Å². The van der Waals surface area contributed by atoms with Crippen LogP contribution in [-0.2, 0) is 14.3 Å². The van der Waals surface area contributed by atoms with E-state index in [0.29, 0.717) is 17.9 Å². The van der Waals surface area contributed by atoms with Gasteiger partial charge in [0.05, 0.1) is 25.3 Å². The van der Waals surface area contributed by atoms with Crippen molar-refractivity contribution in [3.63, 3.8) is 0 Å². The van der Waals surface area contributed by atoms with Crippen LogP contribution in [0, 0.1) is 6.92 Å². The third kappa shape index (κ3) is 3.57. The van der Waals surface area contributed by atoms with Gasteiger partial charge in [-0.1, -0.05) is 0 Å². The third-order valence-electron chi connectivity index (χ3n) is 3.34. The molecule has 0 unspecified atom stereocenters. The molecule has 2 amide bonds. The van der Waals surface area contributed by atoms with Crippen LogP contribution in [0.2, 0.25) is 0 Å². The zero-order valence-corrected chi connectivity index (χ0v) is 13.0. The Balaban J connectivity index is 2.15. The number of carbonyl (C=O) groups is 3. The summed E-state index contributed by atoms with van der Waals surface area (Å²) in [6, 6.07) is 4.88. The monoisotopic (exact) mass is 318 g/mol. The maximum absolute atomic E-state index is 12.1. The van der Waals surface area contributed by atoms with E-state index in [1.165, 1.54) is 6.08 Å². The first-order chi connectivity index (χ1) is 11.0. The fraction of sp³-hybridized carbons (Fsp3) is 0.312. The number of rotatable bonds is 6. The number of ether oxygens (including phenoxy) is 1. The van der Waals surface area contributed by atoms with Crippen LogP contribution >= 0.6 is 0 Å². The highest BCUT2D eigenvalue weighted by Crippen LogP contribution is 2.21. The summed E-state index contributed by atoms with van der Waals surface area (Å²) < 4.78 is 4.93. The SMILES string of the molecule is CCOC(=O)c1ccc(NC2=CC(=O)N(CCO)C2=O)c(C)c1. The fourth-order valence-electron chi connectivity index (χ4n) is 2.20. The Bertz CT molecular complexity index is 681. The van der Waals surface area contributed by atoms with Gasteiger partial charge in [0.1, 0.15) is 5.70 Å². The standard InChI is InChI=1S/C16H18N2O5/c1-3-23-16(22)11-4-5-12(10(2)8-11)17-13-9-14(20)18(6-7-19)15(13)21/h4-5,8-9,17,19H,3,6-7H2,1-2H3. The molecule has 0 fully saturated rings. The summed E-state index contributed by atoms with van der Waals surface area (Å²) in [5.41, 5.74) is 1.89. The van der Waals surface area contributed by atoms with Gasteiger partial charge in [-0.05, 0) is 37.6 Å². The molecule has 122 valence electrons. The van der Waals surface area contributed by atoms with Crippen molar-refractivity contribution in [3.8, 4) is 0 Å². The second kappa shape index (κ2) is 7.06. The van der Waals surface area contributed by atoms with Gasteiger partial charge in [0.15, 0.2) is 0 Å². The van der Waals surface area contributed by atoms with Crippen molar-refractivity contribution >= 4 is 23.5 Å². The first kappa shape index (κ1) is 16.7. The molecule has 1 aromatic rings. The first-order valence-corrected chi connectivity index (χ1v) is 7.21. The fourth-order valence-corrected chi connectivity index (χ4v) is 2.20. The van der Waals surface area contributed by atoms with Crippen LogP contribution in [0.3, 0.4) is 0 Å². The van der Waals surface area contributed by atoms with Crippen LogP contribution in [-0.4, -0.2) is 47.5 Å². The van der Waals surface area contributed by atoms with Gasteiger partial charge in [-0.2, -0.15) is 0 Å². The molecule has 1 heterocycles. The molecule has 0 aromatic heterocycles. The lowest BCUT2D eigenvalue weighted by Gasteiger charge is -2.14. The Labute approximate surface area is 133 Å². The van der Waals surface area contributed by atoms with Gasteiger partial charge in [-0.25, -0.2) is 4.79 Å². The lowest BCUT2D eigenvalue weighted by Crippen LogP contribution is -2.34. The minimum atomic E-state index is -0.488. The molecule has 0 radical (unpaired) electrons. The molecule has 2 rings (SSSR count). The van der Waals surface area contributed by atoms with E-state index in [-0.39, 0.29) is 18.8 Å². The van der Waals surface area contributed by atoms with Crippen LogP contribution < -0.4 is 5.32 Å². The predicted octanol–water partition coefficient (Wildman–Crippen LogP) is 0.829. The molecule has 2 N–H and O–H groups in total. The predicted molar refractivity (Wildman–Crippen MR) is 82.6 cm³/mol. The minimum Gasteiger partial charge on any atom is -0.462 e. The lowest BCUT2D eigenvalue weighted by atomic mass is 10.1. The average molecular weight is 318 g/mol. The number of aliphatic hydroxyl groups is 1. The van der Waals surface area contributed by atoms with E-state index in [9.17, 15) is 14.4 Å². The summed E-state index contributed by atoms with van der Waals surface area (Å²) in [6.07, 6.45) is 1.19. The topological polar surface area (TPSA) is 95.9 Å². The molecule has 0 atom stereocenters. The van der Waals surface area contributed by atoms with Crippen molar-refractivity contribution in [1.82, 2.24) is 4.90 Å². The Morgan fingerprint density at radius 1 is 1.35 bits per heavy atom. The number of benzene rings is 1. The van der Waals surface area contributed by atoms with E-state index in [0.717, 1.165) is 10.5 Å². The maximum Gasteiger partial charge on any atom is 0.338 e. The lowest BCUT2D eigenvalue weighted by molar-refractivity contribution is -0.137. The largest absolute Gasteiger partial charge is 0.462 e. The summed E-state index contributed by atoms with van der Waals surface area (Å²) in [6.45, 7) is 3.47. The van der Waals surface area contributed by atoms with Crippen LogP contribution in [0.15, 0.2) is 30.0 Å². The quantitative estimate of drug-likeness (QED) is 0.596. The number of nitrogens with one attached hydrogen (secondary N) is 1. The molecular formula is C16H18N2O5. The summed E-state index contributed by atoms with van der Waals surface area (Å²) in [4.78, 5) is 36.4. The Morgan fingerprint density at radius 3 is 2.70 bits per heavy atom. The zero-order chi connectivity index (χ0) is 17.0. The molecule has 0 bridgehead atoms. The van der Waals surface area contributed by atoms with Gasteiger partial charge in [-0.3, -0.25) is 14.5 Å². The number of anilines is 1. The van der Waals surface area contributed by atoms with E-state index in [1.54, 1.807) is 32.0 Å². The second-order valence-electron chi connectivity index (χ2n) is 4.95. The summed E-state index contributed by atoms with van der Waals surface area (Å²) >= 11 is 0. The van der Waals surface area contributed by atoms with Crippen molar-refractivity contribution in [2.75, 3.05) is 25.1 Å². The molecule has 1 aliphatic rings. The van der Waals surface area contributed by atoms with Crippen molar-refractivity contribution in [3.05, 3.63) is 41.1 Å². The number of hydrogen-bond donors (Lipinski definition) is 2. The normalized spacial score (nSPS) is 14.0. The highest BCUT2D eigenvalue weighted by molar-refractivity contribution is 6.17. The number of nitrogens with zero attached hydrogens (tertiary/aromatic N) is 1. The van der Waals surface area contributed by atoms with Gasteiger partial charge in [0, 0.05) is 11.8 Å². The summed E-state index contributed by atoms with van der Waals surface area (Å²) in [7, 11) is 0. The van der Waals surface area contributed by atoms with Crippen molar-refractivity contribution in [1.29, 1.82) is 0 Å². The van der Waals surface area contributed by atoms with Crippen LogP contribution in [0.1, 0.15) is 22.8 Å². The van der Waals surface area contributed by atoms with Crippen LogP contribution in [0.4, 0.5) is 5.69 Å². The minimum absolute atomic E-state index is 0.0415. The molecule has 1 aliphatic heterocycles. The van der Waals surface area contributed by atoms with Crippen molar-refractivity contribution in [2.45, 2.75) is 13.8 Å². The summed E-state index contributed by atoms with van der Waals surface area (Å²) in [5, 5.41) is 11.8. The van der Waals surface area contributed by atoms with Crippen molar-refractivity contribution < 1.29 is 24.2 Å². The van der Waals surface area contributed by atoms with Gasteiger partial charge in [-0.15, -0.1) is 0 Å². The number of esters is 1. The molecule has 1 aromatic carbocycles. The van der Waals surface area contributed by atoms with E-state index >= 15 is 0 Å². The number of hydrogen-bond acceptors (Lipinski definition) is 6. The van der Waals surface area contributed by atoms with Gasteiger partial charge < -0.3 is 15.2 Å². The third-order valence-corrected chi connectivity index (χ3v) is 3.34. The smallest absolute Gasteiger partial charge is 0.338 e. The average Bonchev–Trinajstić information content (AvgIpc) is 2.77. The number of carbonyl (C=O) groups excluding carboxylic acids is 3. The van der Waals surface area contributed by atoms with E-state index in [4.69, 9.17) is 9.84 Å². The maximum atomic E-state index is 12.1. The first-order valence-electron chi connectivity index (χ1n) is 7.21. The molecule has 7 heteroatoms. The number of imide groups is 1. The number of β-amino-alcohol motifs (C(OH)–C–C–N with tert-alkyl or cyclic N) is 1. The molecule has 0 saturated carbocycles. The Kier molecular flexibility index (Phi) is 5.13. The molecular weight excluding hydrogens is 300 g/mol. The van der Waals surface area contributed by atoms with Crippen LogP contribution in [0.25, 0.3) is 0 Å². The Morgan fingerprint density at radius 2 is 2.09 bits per heavy atom. The molecule has 7 nitrogen and oxygen atoms in total. The van der Waals surface area contributed by atoms with Crippen LogP contribution in [0.5, 0.6) is 0 Å². The Hall–Kier alpha value is -2.67. The second-order valence-corrected chi connectivity index (χ2v) is 4.95. The number of amides is 2. The van der Waals surface area contributed by atoms with Gasteiger partial charge in [0.25, 0.3) is 11.8 Å². The number of aryl methyl sites for hydroxylation is 1. The highest BCUT2D eigenvalue weighted by atomic mass is 16.5. The number of aliphatic hydroxyl groups excluding tert-OH is 1. The molecule has 23 heavy (non-hydrogen) atoms. The zero-order valence-electron chi connectivity index (χ0n) is 13.0. The van der Waals surface area contributed by atoms with Gasteiger partial charge >= 0.3 is 5.97 Å². The van der Waals surface area contributed by atoms with Crippen molar-refractivity contribution in [2.24, 2.45) is 0 Å².